The second kappa shape index (κ2) is 4.90. The van der Waals surface area contributed by atoms with Crippen LogP contribution in [-0.4, -0.2) is 23.4 Å². The maximum Gasteiger partial charge on any atom is 0.222 e. The average molecular weight is 283 g/mol. The quantitative estimate of drug-likeness (QED) is 0.796. The van der Waals surface area contributed by atoms with Crippen LogP contribution in [-0.2, 0) is 11.2 Å². The molecule has 0 saturated carbocycles. The molecule has 110 valence electrons. The Morgan fingerprint density at radius 2 is 2.29 bits per heavy atom. The molecule has 1 amide bonds. The van der Waals surface area contributed by atoms with Gasteiger partial charge in [0, 0.05) is 30.3 Å². The van der Waals surface area contributed by atoms with Crippen LogP contribution in [0.3, 0.4) is 0 Å². The predicted octanol–water partition coefficient (Wildman–Crippen LogP) is 3.86. The maximum atomic E-state index is 12.2. The van der Waals surface area contributed by atoms with Crippen molar-refractivity contribution in [2.45, 2.75) is 51.0 Å². The van der Waals surface area contributed by atoms with Crippen LogP contribution in [0.25, 0.3) is 11.0 Å². The van der Waals surface area contributed by atoms with Crippen LogP contribution in [0.15, 0.2) is 28.9 Å². The highest BCUT2D eigenvalue weighted by Gasteiger charge is 2.38. The molecule has 4 rings (SSSR count). The number of hydrogen-bond donors (Lipinski definition) is 0. The van der Waals surface area contributed by atoms with E-state index in [1.807, 2.05) is 13.0 Å². The Bertz CT molecular complexity index is 688. The van der Waals surface area contributed by atoms with Crippen molar-refractivity contribution in [2.24, 2.45) is 0 Å². The van der Waals surface area contributed by atoms with E-state index in [2.05, 4.69) is 17.0 Å². The number of carbonyl (C=O) groups excluding carboxylic acids is 1. The van der Waals surface area contributed by atoms with Gasteiger partial charge in [0.2, 0.25) is 5.91 Å². The van der Waals surface area contributed by atoms with E-state index in [4.69, 9.17) is 4.42 Å². The number of benzene rings is 1. The van der Waals surface area contributed by atoms with Crippen LogP contribution < -0.4 is 0 Å². The fourth-order valence-electron chi connectivity index (χ4n) is 4.22. The SMILES string of the molecule is CCC(=O)N1CCC[C@H]2c3cc4ccoc4cc3CC[C@@H]21. The van der Waals surface area contributed by atoms with E-state index in [0.717, 1.165) is 31.4 Å². The summed E-state index contributed by atoms with van der Waals surface area (Å²) in [6.07, 6.45) is 6.86. The first-order valence-electron chi connectivity index (χ1n) is 8.07. The summed E-state index contributed by atoms with van der Waals surface area (Å²) in [4.78, 5) is 14.4. The van der Waals surface area contributed by atoms with Crippen molar-refractivity contribution in [1.82, 2.24) is 4.90 Å². The second-order valence-corrected chi connectivity index (χ2v) is 6.30. The van der Waals surface area contributed by atoms with E-state index in [-0.39, 0.29) is 0 Å². The second-order valence-electron chi connectivity index (χ2n) is 6.30. The molecular weight excluding hydrogens is 262 g/mol. The van der Waals surface area contributed by atoms with E-state index in [0.29, 0.717) is 24.3 Å². The molecule has 2 heterocycles. The third kappa shape index (κ3) is 1.98. The molecule has 1 saturated heterocycles. The van der Waals surface area contributed by atoms with Crippen LogP contribution in [0.5, 0.6) is 0 Å². The zero-order valence-corrected chi connectivity index (χ0v) is 12.5. The minimum absolute atomic E-state index is 0.317. The molecule has 3 nitrogen and oxygen atoms in total. The summed E-state index contributed by atoms with van der Waals surface area (Å²) in [7, 11) is 0. The molecule has 1 aromatic carbocycles. The number of amides is 1. The minimum Gasteiger partial charge on any atom is -0.464 e. The number of nitrogens with zero attached hydrogens (tertiary/aromatic N) is 1. The van der Waals surface area contributed by atoms with E-state index in [1.54, 1.807) is 6.26 Å². The van der Waals surface area contributed by atoms with E-state index in [9.17, 15) is 4.79 Å². The number of aryl methyl sites for hydroxylation is 1. The molecule has 1 aliphatic carbocycles. The minimum atomic E-state index is 0.317. The fourth-order valence-corrected chi connectivity index (χ4v) is 4.22. The van der Waals surface area contributed by atoms with Gasteiger partial charge in [-0.25, -0.2) is 0 Å². The molecule has 0 unspecified atom stereocenters. The van der Waals surface area contributed by atoms with Crippen LogP contribution in [0.1, 0.15) is 49.7 Å². The topological polar surface area (TPSA) is 33.5 Å². The van der Waals surface area contributed by atoms with Crippen molar-refractivity contribution in [3.8, 4) is 0 Å². The number of likely N-dealkylation sites (tertiary alicyclic amines) is 1. The van der Waals surface area contributed by atoms with Crippen LogP contribution in [0.4, 0.5) is 0 Å². The Morgan fingerprint density at radius 1 is 1.38 bits per heavy atom. The molecule has 1 aromatic heterocycles. The summed E-state index contributed by atoms with van der Waals surface area (Å²) in [5, 5.41) is 1.19. The molecule has 0 spiro atoms. The lowest BCUT2D eigenvalue weighted by Gasteiger charge is -2.45. The van der Waals surface area contributed by atoms with Crippen LogP contribution in [0.2, 0.25) is 0 Å². The zero-order chi connectivity index (χ0) is 14.4. The van der Waals surface area contributed by atoms with Crippen molar-refractivity contribution < 1.29 is 9.21 Å². The highest BCUT2D eigenvalue weighted by molar-refractivity contribution is 5.80. The lowest BCUT2D eigenvalue weighted by atomic mass is 9.74. The first-order valence-corrected chi connectivity index (χ1v) is 8.07. The van der Waals surface area contributed by atoms with Gasteiger partial charge in [-0.3, -0.25) is 4.79 Å². The smallest absolute Gasteiger partial charge is 0.222 e. The first kappa shape index (κ1) is 12.9. The number of furan rings is 1. The van der Waals surface area contributed by atoms with Gasteiger partial charge in [-0.2, -0.15) is 0 Å². The summed E-state index contributed by atoms with van der Waals surface area (Å²) in [5.41, 5.74) is 3.86. The molecule has 0 bridgehead atoms. The van der Waals surface area contributed by atoms with Crippen LogP contribution in [0, 0.1) is 0 Å². The summed E-state index contributed by atoms with van der Waals surface area (Å²) in [6.45, 7) is 2.91. The number of carbonyl (C=O) groups is 1. The number of hydrogen-bond acceptors (Lipinski definition) is 2. The maximum absolute atomic E-state index is 12.2. The molecule has 2 aliphatic rings. The third-order valence-electron chi connectivity index (χ3n) is 5.22. The van der Waals surface area contributed by atoms with Crippen molar-refractivity contribution in [3.05, 3.63) is 35.6 Å². The van der Waals surface area contributed by atoms with Crippen molar-refractivity contribution in [2.75, 3.05) is 6.54 Å². The van der Waals surface area contributed by atoms with Gasteiger partial charge in [0.25, 0.3) is 0 Å². The average Bonchev–Trinajstić information content (AvgIpc) is 2.98. The van der Waals surface area contributed by atoms with Gasteiger partial charge in [0.15, 0.2) is 0 Å². The van der Waals surface area contributed by atoms with Gasteiger partial charge in [-0.15, -0.1) is 0 Å². The van der Waals surface area contributed by atoms with E-state index >= 15 is 0 Å². The van der Waals surface area contributed by atoms with Gasteiger partial charge in [0.1, 0.15) is 5.58 Å². The first-order chi connectivity index (χ1) is 10.3. The van der Waals surface area contributed by atoms with E-state index in [1.165, 1.54) is 22.9 Å². The standard InChI is InChI=1S/C18H21NO2/c1-2-18(20)19-8-3-4-14-15-10-13-7-9-21-17(13)11-12(15)5-6-16(14)19/h7,9-11,14,16H,2-6,8H2,1H3/t14-,16-/m0/s1. The monoisotopic (exact) mass is 283 g/mol. The van der Waals surface area contributed by atoms with Crippen molar-refractivity contribution >= 4 is 16.9 Å². The highest BCUT2D eigenvalue weighted by atomic mass is 16.3. The lowest BCUT2D eigenvalue weighted by molar-refractivity contribution is -0.135. The summed E-state index contributed by atoms with van der Waals surface area (Å²) >= 11 is 0. The van der Waals surface area contributed by atoms with Gasteiger partial charge >= 0.3 is 0 Å². The molecule has 2 atom stereocenters. The number of rotatable bonds is 1. The third-order valence-corrected chi connectivity index (χ3v) is 5.22. The van der Waals surface area contributed by atoms with Gasteiger partial charge < -0.3 is 9.32 Å². The Kier molecular flexibility index (Phi) is 3.02. The summed E-state index contributed by atoms with van der Waals surface area (Å²) in [6, 6.07) is 6.95. The molecule has 0 radical (unpaired) electrons. The van der Waals surface area contributed by atoms with Gasteiger partial charge in [0.05, 0.1) is 6.26 Å². The predicted molar refractivity (Wildman–Crippen MR) is 82.3 cm³/mol. The lowest BCUT2D eigenvalue weighted by Crippen LogP contribution is -2.49. The number of piperidine rings is 1. The number of fused-ring (bicyclic) bond motifs is 4. The zero-order valence-electron chi connectivity index (χ0n) is 12.5. The van der Waals surface area contributed by atoms with Gasteiger partial charge in [-0.1, -0.05) is 6.92 Å². The summed E-state index contributed by atoms with van der Waals surface area (Å²) in [5.74, 6) is 0.829. The highest BCUT2D eigenvalue weighted by Crippen LogP contribution is 2.42. The molecular formula is C18H21NO2. The summed E-state index contributed by atoms with van der Waals surface area (Å²) < 4.78 is 5.53. The molecule has 2 aromatic rings. The molecule has 21 heavy (non-hydrogen) atoms. The molecule has 0 N–H and O–H groups in total. The van der Waals surface area contributed by atoms with Crippen LogP contribution >= 0.6 is 0 Å². The largest absolute Gasteiger partial charge is 0.464 e. The molecule has 1 fully saturated rings. The van der Waals surface area contributed by atoms with Crippen molar-refractivity contribution in [3.63, 3.8) is 0 Å². The Labute approximate surface area is 124 Å². The Balaban J connectivity index is 1.75. The van der Waals surface area contributed by atoms with E-state index < -0.39 is 0 Å². The molecule has 3 heteroatoms. The van der Waals surface area contributed by atoms with Crippen molar-refractivity contribution in [1.29, 1.82) is 0 Å². The van der Waals surface area contributed by atoms with Gasteiger partial charge in [-0.05, 0) is 55.0 Å². The Hall–Kier alpha value is -1.77. The Morgan fingerprint density at radius 3 is 3.14 bits per heavy atom. The normalized spacial score (nSPS) is 24.7. The fraction of sp³-hybridized carbons (Fsp3) is 0.500. The molecule has 1 aliphatic heterocycles.